The Hall–Kier alpha value is -2.37. The van der Waals surface area contributed by atoms with Crippen molar-refractivity contribution < 1.29 is 9.53 Å². The Morgan fingerprint density at radius 2 is 2.30 bits per heavy atom. The van der Waals surface area contributed by atoms with E-state index in [0.29, 0.717) is 16.7 Å². The first-order valence-corrected chi connectivity index (χ1v) is 8.04. The lowest BCUT2D eigenvalue weighted by Gasteiger charge is -2.12. The molecule has 0 fully saturated rings. The van der Waals surface area contributed by atoms with Gasteiger partial charge in [-0.2, -0.15) is 0 Å². The average Bonchev–Trinajstić information content (AvgIpc) is 3.02. The van der Waals surface area contributed by atoms with Gasteiger partial charge in [0.05, 0.1) is 10.9 Å². The number of aromatic nitrogens is 2. The van der Waals surface area contributed by atoms with E-state index in [4.69, 9.17) is 4.74 Å². The molecule has 2 heterocycles. The third kappa shape index (κ3) is 3.21. The van der Waals surface area contributed by atoms with Crippen LogP contribution in [0.3, 0.4) is 0 Å². The largest absolute Gasteiger partial charge is 0.484 e. The van der Waals surface area contributed by atoms with E-state index in [1.807, 2.05) is 13.8 Å². The number of aryl methyl sites for hydroxylation is 1. The third-order valence-electron chi connectivity index (χ3n) is 4.18. The van der Waals surface area contributed by atoms with Crippen LogP contribution in [0.15, 0.2) is 23.0 Å². The van der Waals surface area contributed by atoms with E-state index < -0.39 is 0 Å². The number of hydrogen-bond donors (Lipinski definition) is 1. The Morgan fingerprint density at radius 3 is 3.09 bits per heavy atom. The van der Waals surface area contributed by atoms with Crippen molar-refractivity contribution in [2.45, 2.75) is 45.7 Å². The zero-order valence-corrected chi connectivity index (χ0v) is 13.5. The molecule has 1 aromatic carbocycles. The molecule has 0 spiro atoms. The fraction of sp³-hybridized carbons (Fsp3) is 0.471. The quantitative estimate of drug-likeness (QED) is 0.910. The molecule has 122 valence electrons. The normalized spacial score (nSPS) is 14.5. The number of nitrogens with zero attached hydrogens (tertiary/aromatic N) is 2. The van der Waals surface area contributed by atoms with Crippen LogP contribution in [0, 0.1) is 0 Å². The predicted molar refractivity (Wildman–Crippen MR) is 87.7 cm³/mol. The van der Waals surface area contributed by atoms with Gasteiger partial charge in [0, 0.05) is 19.0 Å². The Balaban J connectivity index is 1.78. The molecule has 6 nitrogen and oxygen atoms in total. The number of fused-ring (bicyclic) bond motifs is 2. The molecule has 6 heteroatoms. The van der Waals surface area contributed by atoms with Gasteiger partial charge in [-0.15, -0.1) is 0 Å². The number of nitrogens with one attached hydrogen (secondary N) is 1. The summed E-state index contributed by atoms with van der Waals surface area (Å²) in [4.78, 5) is 28.8. The fourth-order valence-corrected chi connectivity index (χ4v) is 2.72. The van der Waals surface area contributed by atoms with Crippen LogP contribution in [0.25, 0.3) is 10.9 Å². The molecule has 0 radical (unpaired) electrons. The maximum atomic E-state index is 12.5. The Morgan fingerprint density at radius 1 is 1.48 bits per heavy atom. The van der Waals surface area contributed by atoms with E-state index in [2.05, 4.69) is 10.3 Å². The summed E-state index contributed by atoms with van der Waals surface area (Å²) in [6, 6.07) is 5.32. The zero-order valence-electron chi connectivity index (χ0n) is 13.5. The van der Waals surface area contributed by atoms with E-state index in [9.17, 15) is 9.59 Å². The van der Waals surface area contributed by atoms with Crippen LogP contribution in [0.2, 0.25) is 0 Å². The molecular weight excluding hydrogens is 294 g/mol. The topological polar surface area (TPSA) is 73.2 Å². The molecule has 0 unspecified atom stereocenters. The van der Waals surface area contributed by atoms with Crippen molar-refractivity contribution in [2.24, 2.45) is 0 Å². The summed E-state index contributed by atoms with van der Waals surface area (Å²) in [5.74, 6) is 1.20. The highest BCUT2D eigenvalue weighted by Gasteiger charge is 2.16. The van der Waals surface area contributed by atoms with Gasteiger partial charge in [0.2, 0.25) is 0 Å². The zero-order chi connectivity index (χ0) is 16.4. The van der Waals surface area contributed by atoms with Crippen molar-refractivity contribution in [3.05, 3.63) is 34.4 Å². The van der Waals surface area contributed by atoms with Crippen LogP contribution in [0.1, 0.15) is 32.5 Å². The minimum atomic E-state index is -0.164. The molecule has 1 aliphatic heterocycles. The lowest BCUT2D eigenvalue weighted by atomic mass is 10.2. The predicted octanol–water partition coefficient (Wildman–Crippen LogP) is 1.64. The number of benzene rings is 1. The lowest BCUT2D eigenvalue weighted by molar-refractivity contribution is -0.123. The highest BCUT2D eigenvalue weighted by atomic mass is 16.5. The molecule has 1 atom stereocenters. The van der Waals surface area contributed by atoms with Gasteiger partial charge < -0.3 is 10.1 Å². The fourth-order valence-electron chi connectivity index (χ4n) is 2.72. The summed E-state index contributed by atoms with van der Waals surface area (Å²) >= 11 is 0. The van der Waals surface area contributed by atoms with Crippen molar-refractivity contribution in [3.63, 3.8) is 0 Å². The summed E-state index contributed by atoms with van der Waals surface area (Å²) in [5.41, 5.74) is 0.650. The van der Waals surface area contributed by atoms with E-state index in [-0.39, 0.29) is 24.1 Å². The summed E-state index contributed by atoms with van der Waals surface area (Å²) in [5, 5.41) is 3.38. The first kappa shape index (κ1) is 15.5. The minimum absolute atomic E-state index is 0.0305. The van der Waals surface area contributed by atoms with Gasteiger partial charge in [-0.1, -0.05) is 6.92 Å². The number of ether oxygens (including phenoxy) is 1. The van der Waals surface area contributed by atoms with Gasteiger partial charge in [-0.05, 0) is 38.0 Å². The van der Waals surface area contributed by atoms with Crippen LogP contribution >= 0.6 is 0 Å². The van der Waals surface area contributed by atoms with Crippen LogP contribution in [0.5, 0.6) is 5.75 Å². The van der Waals surface area contributed by atoms with Crippen LogP contribution in [0.4, 0.5) is 0 Å². The number of carbonyl (C=O) groups is 1. The lowest BCUT2D eigenvalue weighted by Crippen LogP contribution is -2.35. The average molecular weight is 315 g/mol. The van der Waals surface area contributed by atoms with Crippen molar-refractivity contribution in [3.8, 4) is 5.75 Å². The second-order valence-electron chi connectivity index (χ2n) is 5.93. The first-order valence-electron chi connectivity index (χ1n) is 8.04. The summed E-state index contributed by atoms with van der Waals surface area (Å²) in [6.07, 6.45) is 2.67. The number of hydrogen-bond acceptors (Lipinski definition) is 4. The summed E-state index contributed by atoms with van der Waals surface area (Å²) in [7, 11) is 0. The standard InChI is InChI=1S/C17H21N3O3/c1-3-11(2)18-16(21)10-23-12-6-7-14-13(9-12)17(22)20-8-4-5-15(20)19-14/h6-7,9,11H,3-5,8,10H2,1-2H3,(H,18,21)/t11-/m1/s1. The molecule has 1 amide bonds. The van der Waals surface area contributed by atoms with E-state index in [0.717, 1.165) is 31.6 Å². The SMILES string of the molecule is CC[C@@H](C)NC(=O)COc1ccc2nc3n(c(=O)c2c1)CCC3. The minimum Gasteiger partial charge on any atom is -0.484 e. The summed E-state index contributed by atoms with van der Waals surface area (Å²) < 4.78 is 7.23. The molecule has 3 rings (SSSR count). The molecular formula is C17H21N3O3. The van der Waals surface area contributed by atoms with Gasteiger partial charge in [0.1, 0.15) is 11.6 Å². The molecule has 0 saturated heterocycles. The van der Waals surface area contributed by atoms with E-state index in [1.165, 1.54) is 0 Å². The molecule has 0 bridgehead atoms. The molecule has 1 N–H and O–H groups in total. The molecule has 2 aromatic rings. The van der Waals surface area contributed by atoms with Crippen molar-refractivity contribution >= 4 is 16.8 Å². The van der Waals surface area contributed by atoms with Gasteiger partial charge in [-0.3, -0.25) is 14.2 Å². The van der Waals surface area contributed by atoms with Gasteiger partial charge >= 0.3 is 0 Å². The van der Waals surface area contributed by atoms with Crippen LogP contribution in [-0.2, 0) is 17.8 Å². The molecule has 1 aromatic heterocycles. The van der Waals surface area contributed by atoms with Crippen LogP contribution < -0.4 is 15.6 Å². The third-order valence-corrected chi connectivity index (χ3v) is 4.18. The Bertz CT molecular complexity index is 798. The number of carbonyl (C=O) groups excluding carboxylic acids is 1. The van der Waals surface area contributed by atoms with Crippen molar-refractivity contribution in [2.75, 3.05) is 6.61 Å². The monoisotopic (exact) mass is 315 g/mol. The van der Waals surface area contributed by atoms with E-state index >= 15 is 0 Å². The van der Waals surface area contributed by atoms with Gasteiger partial charge in [0.15, 0.2) is 6.61 Å². The smallest absolute Gasteiger partial charge is 0.261 e. The molecule has 1 aliphatic rings. The summed E-state index contributed by atoms with van der Waals surface area (Å²) in [6.45, 7) is 4.62. The molecule has 0 aliphatic carbocycles. The maximum Gasteiger partial charge on any atom is 0.261 e. The van der Waals surface area contributed by atoms with Crippen molar-refractivity contribution in [1.82, 2.24) is 14.9 Å². The van der Waals surface area contributed by atoms with Gasteiger partial charge in [-0.25, -0.2) is 4.98 Å². The second-order valence-corrected chi connectivity index (χ2v) is 5.93. The number of amides is 1. The maximum absolute atomic E-state index is 12.5. The molecule has 0 saturated carbocycles. The second kappa shape index (κ2) is 6.40. The van der Waals surface area contributed by atoms with Crippen LogP contribution in [-0.4, -0.2) is 28.1 Å². The van der Waals surface area contributed by atoms with Crippen molar-refractivity contribution in [1.29, 1.82) is 0 Å². The van der Waals surface area contributed by atoms with E-state index in [1.54, 1.807) is 22.8 Å². The molecule has 23 heavy (non-hydrogen) atoms. The first-order chi connectivity index (χ1) is 11.1. The Kier molecular flexibility index (Phi) is 4.32. The van der Waals surface area contributed by atoms with Gasteiger partial charge in [0.25, 0.3) is 11.5 Å². The highest BCUT2D eigenvalue weighted by Crippen LogP contribution is 2.19. The number of rotatable bonds is 5. The Labute approximate surface area is 134 Å². The highest BCUT2D eigenvalue weighted by molar-refractivity contribution is 5.80.